The fraction of sp³-hybridized carbons (Fsp3) is 0.325. The number of hydrogen-bond donors (Lipinski definition) is 4. The number of ether oxygens (including phenoxy) is 2. The number of aliphatic carboxylic acids is 1. The molecule has 4 heterocycles. The molecule has 0 aliphatic heterocycles. The summed E-state index contributed by atoms with van der Waals surface area (Å²) in [5.74, 6) is 0.126. The lowest BCUT2D eigenvalue weighted by molar-refractivity contribution is -0.144. The molecule has 0 aliphatic carbocycles. The van der Waals surface area contributed by atoms with Gasteiger partial charge in [0.1, 0.15) is 20.6 Å². The van der Waals surface area contributed by atoms with E-state index in [-0.39, 0.29) is 44.3 Å². The number of carbonyl (C=O) groups is 3. The van der Waals surface area contributed by atoms with Crippen molar-refractivity contribution in [2.75, 3.05) is 48.8 Å². The summed E-state index contributed by atoms with van der Waals surface area (Å²) in [4.78, 5) is 64.4. The summed E-state index contributed by atoms with van der Waals surface area (Å²) in [5.41, 5.74) is 2.88. The van der Waals surface area contributed by atoms with Crippen LogP contribution < -0.4 is 16.0 Å². The Morgan fingerprint density at radius 3 is 1.13 bits per heavy atom. The molecule has 0 amide bonds. The molecule has 0 saturated carbocycles. The second-order valence-electron chi connectivity index (χ2n) is 11.6. The van der Waals surface area contributed by atoms with Gasteiger partial charge in [0.2, 0.25) is 23.1 Å². The van der Waals surface area contributed by atoms with Crippen molar-refractivity contribution in [3.05, 3.63) is 99.3 Å². The zero-order chi connectivity index (χ0) is 46.3. The van der Waals surface area contributed by atoms with Crippen molar-refractivity contribution in [2.24, 2.45) is 0 Å². The number of halogens is 5. The molecular weight excluding hydrogens is 908 g/mol. The average Bonchev–Trinajstić information content (AvgIpc) is 3.22. The lowest BCUT2D eigenvalue weighted by Gasteiger charge is -2.06. The summed E-state index contributed by atoms with van der Waals surface area (Å²) in [6.45, 7) is 20.7. The maximum absolute atomic E-state index is 11.1. The Kier molecular flexibility index (Phi) is 28.4. The van der Waals surface area contributed by atoms with Gasteiger partial charge in [0, 0.05) is 51.0 Å². The van der Waals surface area contributed by atoms with Crippen molar-refractivity contribution in [3.8, 4) is 0 Å². The molecule has 0 aromatic carbocycles. The lowest BCUT2D eigenvalue weighted by Crippen LogP contribution is -2.10. The van der Waals surface area contributed by atoms with Crippen molar-refractivity contribution in [3.63, 3.8) is 0 Å². The van der Waals surface area contributed by atoms with Gasteiger partial charge in [-0.25, -0.2) is 39.9 Å². The first-order valence-electron chi connectivity index (χ1n) is 18.7. The minimum absolute atomic E-state index is 0.0625. The van der Waals surface area contributed by atoms with Gasteiger partial charge in [0.15, 0.2) is 0 Å². The third-order valence-electron chi connectivity index (χ3n) is 6.81. The Bertz CT molecular complexity index is 1960. The first-order valence-corrected chi connectivity index (χ1v) is 20.6. The SMILES string of the molecule is C=Cc1cc(C=C)nc(NCCCC(=O)O)n1.C=Cc1cc(C=C)nc(NCCCC(=O)OCC)n1.CCOC(=O)CCCNc1nc(Cl)cc(Cl)n1.Clc1cc(Cl)nc(Cl)n1. The number of esters is 2. The molecule has 4 aromatic heterocycles. The van der Waals surface area contributed by atoms with Crippen molar-refractivity contribution in [1.29, 1.82) is 0 Å². The highest BCUT2D eigenvalue weighted by Gasteiger charge is 2.06. The molecule has 0 fully saturated rings. The second kappa shape index (κ2) is 32.3. The minimum Gasteiger partial charge on any atom is -0.481 e. The largest absolute Gasteiger partial charge is 0.481 e. The van der Waals surface area contributed by atoms with Crippen LogP contribution in [0.5, 0.6) is 0 Å². The number of carbonyl (C=O) groups excluding carboxylic acids is 2. The molecule has 0 spiro atoms. The van der Waals surface area contributed by atoms with E-state index in [4.69, 9.17) is 72.6 Å². The zero-order valence-electron chi connectivity index (χ0n) is 34.2. The predicted molar refractivity (Wildman–Crippen MR) is 248 cm³/mol. The fourth-order valence-electron chi connectivity index (χ4n) is 4.15. The van der Waals surface area contributed by atoms with E-state index in [1.165, 1.54) is 12.1 Å². The van der Waals surface area contributed by atoms with Gasteiger partial charge in [-0.3, -0.25) is 14.4 Å². The van der Waals surface area contributed by atoms with E-state index in [9.17, 15) is 14.4 Å². The number of carboxylic acids is 1. The normalized spacial score (nSPS) is 9.79. The summed E-state index contributed by atoms with van der Waals surface area (Å²) < 4.78 is 9.63. The van der Waals surface area contributed by atoms with Gasteiger partial charge in [-0.1, -0.05) is 72.7 Å². The predicted octanol–water partition coefficient (Wildman–Crippen LogP) is 9.53. The molecule has 17 nitrogen and oxygen atoms in total. The van der Waals surface area contributed by atoms with Crippen molar-refractivity contribution < 1.29 is 29.0 Å². The first kappa shape index (κ1) is 54.6. The maximum atomic E-state index is 11.1. The number of anilines is 3. The summed E-state index contributed by atoms with van der Waals surface area (Å²) in [5, 5.41) is 18.6. The van der Waals surface area contributed by atoms with E-state index in [1.807, 2.05) is 0 Å². The van der Waals surface area contributed by atoms with Crippen LogP contribution in [-0.4, -0.2) is 95.7 Å². The Morgan fingerprint density at radius 1 is 0.532 bits per heavy atom. The van der Waals surface area contributed by atoms with E-state index in [2.05, 4.69) is 82.1 Å². The van der Waals surface area contributed by atoms with E-state index in [0.717, 1.165) is 11.4 Å². The maximum Gasteiger partial charge on any atom is 0.305 e. The fourth-order valence-corrected chi connectivity index (χ4v) is 5.27. The molecule has 62 heavy (non-hydrogen) atoms. The van der Waals surface area contributed by atoms with Gasteiger partial charge >= 0.3 is 17.9 Å². The van der Waals surface area contributed by atoms with Crippen LogP contribution in [-0.2, 0) is 23.9 Å². The van der Waals surface area contributed by atoms with Crippen LogP contribution in [0.25, 0.3) is 24.3 Å². The molecule has 4 aromatic rings. The van der Waals surface area contributed by atoms with Crippen LogP contribution >= 0.6 is 58.0 Å². The first-order chi connectivity index (χ1) is 29.6. The van der Waals surface area contributed by atoms with E-state index in [0.29, 0.717) is 94.2 Å². The lowest BCUT2D eigenvalue weighted by atomic mass is 10.3. The topological polar surface area (TPSA) is 229 Å². The highest BCUT2D eigenvalue weighted by molar-refractivity contribution is 6.35. The summed E-state index contributed by atoms with van der Waals surface area (Å²) >= 11 is 27.6. The Hall–Kier alpha value is -5.46. The van der Waals surface area contributed by atoms with Crippen LogP contribution in [0.4, 0.5) is 17.8 Å². The molecule has 4 rings (SSSR count). The number of carboxylic acid groups (broad SMARTS) is 1. The van der Waals surface area contributed by atoms with E-state index >= 15 is 0 Å². The number of nitrogens with zero attached hydrogens (tertiary/aromatic N) is 8. The molecule has 0 saturated heterocycles. The molecule has 0 aliphatic rings. The van der Waals surface area contributed by atoms with Crippen LogP contribution in [0.2, 0.25) is 25.9 Å². The molecule has 22 heteroatoms. The summed E-state index contributed by atoms with van der Waals surface area (Å²) in [6.07, 6.45) is 9.25. The molecule has 4 N–H and O–H groups in total. The highest BCUT2D eigenvalue weighted by Crippen LogP contribution is 2.15. The van der Waals surface area contributed by atoms with Crippen molar-refractivity contribution >= 4 is 118 Å². The number of rotatable bonds is 21. The van der Waals surface area contributed by atoms with E-state index < -0.39 is 5.97 Å². The van der Waals surface area contributed by atoms with Gasteiger partial charge < -0.3 is 30.5 Å². The average molecular weight is 956 g/mol. The molecule has 0 bridgehead atoms. The van der Waals surface area contributed by atoms with Crippen molar-refractivity contribution in [2.45, 2.75) is 52.4 Å². The highest BCUT2D eigenvalue weighted by atomic mass is 35.5. The Morgan fingerprint density at radius 2 is 0.839 bits per heavy atom. The molecule has 334 valence electrons. The van der Waals surface area contributed by atoms with Crippen molar-refractivity contribution in [1.82, 2.24) is 39.9 Å². The molecule has 0 radical (unpaired) electrons. The van der Waals surface area contributed by atoms with Crippen LogP contribution in [0, 0.1) is 0 Å². The third kappa shape index (κ3) is 26.0. The number of nitrogens with one attached hydrogen (secondary N) is 3. The molecule has 0 atom stereocenters. The summed E-state index contributed by atoms with van der Waals surface area (Å²) in [6, 6.07) is 6.42. The van der Waals surface area contributed by atoms with Gasteiger partial charge in [0.05, 0.1) is 36.0 Å². The molecular formula is C40H48Cl5N11O6. The van der Waals surface area contributed by atoms with Crippen LogP contribution in [0.15, 0.2) is 50.6 Å². The quantitative estimate of drug-likeness (QED) is 0.0264. The molecule has 0 unspecified atom stereocenters. The number of aromatic nitrogens is 8. The minimum atomic E-state index is -0.806. The second-order valence-corrected chi connectivity index (χ2v) is 13.5. The smallest absolute Gasteiger partial charge is 0.305 e. The number of hydrogen-bond acceptors (Lipinski definition) is 16. The third-order valence-corrected chi connectivity index (χ3v) is 7.75. The summed E-state index contributed by atoms with van der Waals surface area (Å²) in [7, 11) is 0. The Labute approximate surface area is 385 Å². The van der Waals surface area contributed by atoms with Crippen LogP contribution in [0.3, 0.4) is 0 Å². The van der Waals surface area contributed by atoms with Gasteiger partial charge in [-0.15, -0.1) is 0 Å². The Balaban J connectivity index is 0.000000424. The zero-order valence-corrected chi connectivity index (χ0v) is 38.0. The van der Waals surface area contributed by atoms with Gasteiger partial charge in [-0.2, -0.15) is 0 Å². The van der Waals surface area contributed by atoms with Gasteiger partial charge in [0.25, 0.3) is 0 Å². The van der Waals surface area contributed by atoms with E-state index in [1.54, 1.807) is 50.3 Å². The van der Waals surface area contributed by atoms with Crippen LogP contribution in [0.1, 0.15) is 75.1 Å². The monoisotopic (exact) mass is 953 g/mol. The standard InChI is InChI=1S/C14H19N3O2.C12H15N3O2.C10H13Cl2N3O2.C4HCl3N2/c1-4-11-10-12(5-2)17-14(16-11)15-9-7-8-13(18)19-6-3;1-3-9-8-10(4-2)15-12(14-9)13-7-5-6-11(16)17;1-2-17-9(16)4-3-5-13-10-14-7(11)6-8(12)15-10;5-2-1-3(6)9-4(7)8-2/h4-5,10H,1-2,6-9H2,3H3,(H,15,16,17);3-4,8H,1-2,5-7H2,(H,16,17)(H,13,14,15);6H,2-5H2,1H3,(H,13,14,15);1H. The van der Waals surface area contributed by atoms with Gasteiger partial charge in [-0.05, 0) is 81.1 Å².